The minimum Gasteiger partial charge on any atom is -0.364 e. The van der Waals surface area contributed by atoms with Gasteiger partial charge in [0.15, 0.2) is 5.69 Å². The number of nitrogens with zero attached hydrogens (tertiary/aromatic N) is 6. The van der Waals surface area contributed by atoms with E-state index >= 15 is 0 Å². The van der Waals surface area contributed by atoms with Gasteiger partial charge < -0.3 is 16.0 Å². The van der Waals surface area contributed by atoms with E-state index < -0.39 is 29.9 Å². The van der Waals surface area contributed by atoms with Crippen molar-refractivity contribution < 1.29 is 18.8 Å². The third kappa shape index (κ3) is 4.85. The number of primary amides is 1. The van der Waals surface area contributed by atoms with Gasteiger partial charge in [-0.25, -0.2) is 9.37 Å². The lowest BCUT2D eigenvalue weighted by molar-refractivity contribution is -0.137. The van der Waals surface area contributed by atoms with Crippen molar-refractivity contribution >= 4 is 34.4 Å². The number of rotatable bonds is 6. The van der Waals surface area contributed by atoms with Crippen LogP contribution in [0, 0.1) is 6.92 Å². The number of alkyl halides is 1. The number of aromatic nitrogens is 5. The van der Waals surface area contributed by atoms with Crippen molar-refractivity contribution in [2.75, 3.05) is 11.9 Å². The van der Waals surface area contributed by atoms with Crippen molar-refractivity contribution in [2.24, 2.45) is 5.73 Å². The van der Waals surface area contributed by atoms with Crippen LogP contribution in [0.3, 0.4) is 0 Å². The molecule has 11 nitrogen and oxygen atoms in total. The summed E-state index contributed by atoms with van der Waals surface area (Å²) >= 11 is 0. The first-order valence-corrected chi connectivity index (χ1v) is 11.6. The maximum Gasteiger partial charge on any atom is 0.269 e. The summed E-state index contributed by atoms with van der Waals surface area (Å²) in [5.41, 5.74) is 8.29. The zero-order valence-electron chi connectivity index (χ0n) is 19.8. The molecule has 1 aliphatic rings. The quantitative estimate of drug-likeness (QED) is 0.409. The highest BCUT2D eigenvalue weighted by Gasteiger charge is 2.40. The lowest BCUT2D eigenvalue weighted by atomic mass is 10.0. The molecule has 0 radical (unpaired) electrons. The molecule has 5 rings (SSSR count). The summed E-state index contributed by atoms with van der Waals surface area (Å²) in [6, 6.07) is 11.2. The first kappa shape index (κ1) is 24.0. The van der Waals surface area contributed by atoms with Crippen LogP contribution in [0.25, 0.3) is 22.0 Å². The molecule has 12 heteroatoms. The van der Waals surface area contributed by atoms with Crippen molar-refractivity contribution in [3.05, 3.63) is 66.2 Å². The predicted molar refractivity (Wildman–Crippen MR) is 132 cm³/mol. The molecule has 1 saturated heterocycles. The topological polar surface area (TPSA) is 149 Å². The monoisotopic (exact) mass is 502 g/mol. The highest BCUT2D eigenvalue weighted by atomic mass is 19.1. The van der Waals surface area contributed by atoms with Crippen molar-refractivity contribution in [3.63, 3.8) is 0 Å². The van der Waals surface area contributed by atoms with E-state index in [2.05, 4.69) is 25.6 Å². The summed E-state index contributed by atoms with van der Waals surface area (Å²) in [6.07, 6.45) is 1.65. The number of nitrogens with one attached hydrogen (secondary N) is 1. The second kappa shape index (κ2) is 9.72. The van der Waals surface area contributed by atoms with Gasteiger partial charge in [-0.15, -0.1) is 0 Å². The van der Waals surface area contributed by atoms with Crippen LogP contribution < -0.4 is 11.1 Å². The molecule has 37 heavy (non-hydrogen) atoms. The van der Waals surface area contributed by atoms with Crippen LogP contribution >= 0.6 is 0 Å². The van der Waals surface area contributed by atoms with E-state index in [9.17, 15) is 18.8 Å². The SMILES string of the molecule is Cc1cccc(NC(=O)[C@@H]2C[C@@H](F)CN2C(=O)Cn2nc(C(N)=O)c3cc(-c4ccnnc4)ccc32)n1. The third-order valence-electron chi connectivity index (χ3n) is 6.20. The molecule has 4 aromatic rings. The molecule has 1 aromatic carbocycles. The molecule has 4 heterocycles. The summed E-state index contributed by atoms with van der Waals surface area (Å²) in [5, 5.41) is 15.0. The second-order valence-electron chi connectivity index (χ2n) is 8.78. The predicted octanol–water partition coefficient (Wildman–Crippen LogP) is 1.87. The van der Waals surface area contributed by atoms with E-state index in [1.807, 2.05) is 0 Å². The molecule has 0 spiro atoms. The van der Waals surface area contributed by atoms with E-state index in [1.165, 1.54) is 9.58 Å². The average molecular weight is 503 g/mol. The number of halogens is 1. The standard InChI is InChI=1S/C25H23FN8O3/c1-14-3-2-4-21(30-14)31-25(37)20-10-17(26)12-33(20)22(35)13-34-19-6-5-15(16-7-8-28-29-11-16)9-18(19)23(32-34)24(27)36/h2-9,11,17,20H,10,12-13H2,1H3,(H2,27,36)(H,30,31,37)/t17-,20+/m1/s1. The van der Waals surface area contributed by atoms with E-state index in [0.717, 1.165) is 11.1 Å². The molecular formula is C25H23FN8O3. The minimum absolute atomic E-state index is 0.00345. The number of likely N-dealkylation sites (tertiary alicyclic amines) is 1. The maximum atomic E-state index is 14.4. The minimum atomic E-state index is -1.35. The molecule has 1 fully saturated rings. The van der Waals surface area contributed by atoms with Crippen molar-refractivity contribution in [1.82, 2.24) is 29.9 Å². The van der Waals surface area contributed by atoms with E-state index in [1.54, 1.807) is 61.8 Å². The molecule has 3 N–H and O–H groups in total. The Hall–Kier alpha value is -4.74. The Bertz CT molecular complexity index is 1510. The summed E-state index contributed by atoms with van der Waals surface area (Å²) in [6.45, 7) is 1.25. The number of benzene rings is 1. The summed E-state index contributed by atoms with van der Waals surface area (Å²) in [4.78, 5) is 43.7. The van der Waals surface area contributed by atoms with Gasteiger partial charge in [0.1, 0.15) is 24.6 Å². The second-order valence-corrected chi connectivity index (χ2v) is 8.78. The first-order chi connectivity index (χ1) is 17.8. The molecule has 0 unspecified atom stereocenters. The van der Waals surface area contributed by atoms with Crippen LogP contribution in [0.1, 0.15) is 22.6 Å². The number of carbonyl (C=O) groups is 3. The fourth-order valence-corrected chi connectivity index (χ4v) is 4.47. The normalized spacial score (nSPS) is 17.2. The van der Waals surface area contributed by atoms with Crippen LogP contribution in [0.15, 0.2) is 54.9 Å². The maximum absolute atomic E-state index is 14.4. The van der Waals surface area contributed by atoms with E-state index in [4.69, 9.17) is 5.73 Å². The Morgan fingerprint density at radius 1 is 1.14 bits per heavy atom. The number of amides is 3. The Morgan fingerprint density at radius 2 is 1.97 bits per heavy atom. The molecule has 2 atom stereocenters. The number of hydrogen-bond donors (Lipinski definition) is 2. The van der Waals surface area contributed by atoms with Crippen molar-refractivity contribution in [3.8, 4) is 11.1 Å². The molecular weight excluding hydrogens is 479 g/mol. The zero-order valence-corrected chi connectivity index (χ0v) is 19.8. The van der Waals surface area contributed by atoms with Crippen LogP contribution in [-0.2, 0) is 16.1 Å². The van der Waals surface area contributed by atoms with Crippen LogP contribution in [0.4, 0.5) is 10.2 Å². The van der Waals surface area contributed by atoms with Crippen molar-refractivity contribution in [1.29, 1.82) is 0 Å². The Morgan fingerprint density at radius 3 is 2.70 bits per heavy atom. The number of aryl methyl sites for hydroxylation is 1. The summed E-state index contributed by atoms with van der Waals surface area (Å²) in [7, 11) is 0. The van der Waals surface area contributed by atoms with Gasteiger partial charge in [-0.1, -0.05) is 12.1 Å². The average Bonchev–Trinajstić information content (AvgIpc) is 3.45. The highest BCUT2D eigenvalue weighted by Crippen LogP contribution is 2.27. The molecule has 188 valence electrons. The number of anilines is 1. The van der Waals surface area contributed by atoms with Gasteiger partial charge in [-0.05, 0) is 42.8 Å². The number of nitrogens with two attached hydrogens (primary N) is 1. The Labute approximate surface area is 210 Å². The Kier molecular flexibility index (Phi) is 6.30. The zero-order chi connectivity index (χ0) is 26.1. The molecule has 0 bridgehead atoms. The summed E-state index contributed by atoms with van der Waals surface area (Å²) in [5.74, 6) is -1.47. The van der Waals surface area contributed by atoms with Gasteiger partial charge in [0, 0.05) is 23.1 Å². The van der Waals surface area contributed by atoms with Gasteiger partial charge in [0.05, 0.1) is 24.5 Å². The van der Waals surface area contributed by atoms with Crippen LogP contribution in [-0.4, -0.2) is 66.3 Å². The lowest BCUT2D eigenvalue weighted by Crippen LogP contribution is -2.44. The number of hydrogen-bond acceptors (Lipinski definition) is 7. The van der Waals surface area contributed by atoms with Gasteiger partial charge in [-0.2, -0.15) is 15.3 Å². The molecule has 1 aliphatic heterocycles. The van der Waals surface area contributed by atoms with E-state index in [-0.39, 0.29) is 25.2 Å². The molecule has 0 saturated carbocycles. The fourth-order valence-electron chi connectivity index (χ4n) is 4.47. The number of fused-ring (bicyclic) bond motifs is 1. The summed E-state index contributed by atoms with van der Waals surface area (Å²) < 4.78 is 15.7. The third-order valence-corrected chi connectivity index (χ3v) is 6.20. The largest absolute Gasteiger partial charge is 0.364 e. The van der Waals surface area contributed by atoms with Crippen LogP contribution in [0.5, 0.6) is 0 Å². The molecule has 3 amide bonds. The van der Waals surface area contributed by atoms with Gasteiger partial charge in [-0.3, -0.25) is 19.1 Å². The molecule has 0 aliphatic carbocycles. The number of pyridine rings is 1. The van der Waals surface area contributed by atoms with Crippen LogP contribution in [0.2, 0.25) is 0 Å². The van der Waals surface area contributed by atoms with Crippen molar-refractivity contribution in [2.45, 2.75) is 32.1 Å². The Balaban J connectivity index is 1.41. The van der Waals surface area contributed by atoms with Gasteiger partial charge >= 0.3 is 0 Å². The van der Waals surface area contributed by atoms with Gasteiger partial charge in [0.25, 0.3) is 5.91 Å². The first-order valence-electron chi connectivity index (χ1n) is 11.6. The number of carbonyl (C=O) groups excluding carboxylic acids is 3. The highest BCUT2D eigenvalue weighted by molar-refractivity contribution is 6.05. The van der Waals surface area contributed by atoms with Gasteiger partial charge in [0.2, 0.25) is 11.8 Å². The molecule has 3 aromatic heterocycles. The fraction of sp³-hybridized carbons (Fsp3) is 0.240. The van der Waals surface area contributed by atoms with E-state index in [0.29, 0.717) is 22.4 Å². The lowest BCUT2D eigenvalue weighted by Gasteiger charge is -2.23. The smallest absolute Gasteiger partial charge is 0.269 e.